The van der Waals surface area contributed by atoms with Crippen LogP contribution in [0.3, 0.4) is 0 Å². The SMILES string of the molecule is COc1cc(CN2CC[C@@](C)(O)[C@@H](CC(C)C)C2)ccc1OCC(N)=O. The first-order valence-electron chi connectivity index (χ1n) is 9.24. The minimum atomic E-state index is -0.592. The van der Waals surface area contributed by atoms with E-state index in [0.717, 1.165) is 38.0 Å². The first-order chi connectivity index (χ1) is 12.2. The normalized spacial score (nSPS) is 23.8. The Hall–Kier alpha value is -1.79. The number of nitrogens with zero attached hydrogens (tertiary/aromatic N) is 1. The second-order valence-electron chi connectivity index (χ2n) is 7.91. The molecular weight excluding hydrogens is 332 g/mol. The van der Waals surface area contributed by atoms with Crippen LogP contribution in [0, 0.1) is 11.8 Å². The average molecular weight is 364 g/mol. The standard InChI is InChI=1S/C20H32N2O4/c1-14(2)9-16-12-22(8-7-20(16,3)24)11-15-5-6-17(18(10-15)25-4)26-13-19(21)23/h5-6,10,14,16,24H,7-9,11-13H2,1-4H3,(H2,21,23)/t16-,20+/m0/s1. The number of methoxy groups -OCH3 is 1. The summed E-state index contributed by atoms with van der Waals surface area (Å²) in [5, 5.41) is 10.7. The summed E-state index contributed by atoms with van der Waals surface area (Å²) in [6.45, 7) is 8.73. The number of carbonyl (C=O) groups is 1. The molecule has 0 aromatic heterocycles. The van der Waals surface area contributed by atoms with E-state index in [9.17, 15) is 9.90 Å². The van der Waals surface area contributed by atoms with E-state index in [0.29, 0.717) is 17.4 Å². The lowest BCUT2D eigenvalue weighted by atomic mass is 9.78. The first kappa shape index (κ1) is 20.5. The van der Waals surface area contributed by atoms with Crippen LogP contribution >= 0.6 is 0 Å². The van der Waals surface area contributed by atoms with Crippen molar-refractivity contribution >= 4 is 5.91 Å². The summed E-state index contributed by atoms with van der Waals surface area (Å²) in [6, 6.07) is 5.71. The van der Waals surface area contributed by atoms with Gasteiger partial charge in [0.15, 0.2) is 18.1 Å². The highest BCUT2D eigenvalue weighted by atomic mass is 16.5. The van der Waals surface area contributed by atoms with Crippen molar-refractivity contribution in [2.45, 2.75) is 45.8 Å². The molecule has 2 rings (SSSR count). The number of amides is 1. The summed E-state index contributed by atoms with van der Waals surface area (Å²) in [4.78, 5) is 13.3. The second-order valence-corrected chi connectivity index (χ2v) is 7.91. The molecule has 0 saturated carbocycles. The zero-order valence-corrected chi connectivity index (χ0v) is 16.3. The summed E-state index contributed by atoms with van der Waals surface area (Å²) in [5.74, 6) is 1.41. The monoisotopic (exact) mass is 364 g/mol. The van der Waals surface area contributed by atoms with Crippen LogP contribution in [0.1, 0.15) is 39.2 Å². The van der Waals surface area contributed by atoms with Crippen LogP contribution in [0.25, 0.3) is 0 Å². The number of hydrogen-bond acceptors (Lipinski definition) is 5. The van der Waals surface area contributed by atoms with Crippen LogP contribution in [0.2, 0.25) is 0 Å². The Morgan fingerprint density at radius 2 is 2.15 bits per heavy atom. The van der Waals surface area contributed by atoms with Crippen molar-refractivity contribution < 1.29 is 19.4 Å². The molecule has 3 N–H and O–H groups in total. The highest BCUT2D eigenvalue weighted by molar-refractivity contribution is 5.75. The van der Waals surface area contributed by atoms with Crippen molar-refractivity contribution in [1.82, 2.24) is 4.90 Å². The van der Waals surface area contributed by atoms with Gasteiger partial charge < -0.3 is 20.3 Å². The predicted octanol–water partition coefficient (Wildman–Crippen LogP) is 2.18. The third-order valence-electron chi connectivity index (χ3n) is 5.05. The number of benzene rings is 1. The molecule has 1 fully saturated rings. The Morgan fingerprint density at radius 1 is 1.42 bits per heavy atom. The molecule has 0 unspecified atom stereocenters. The predicted molar refractivity (Wildman–Crippen MR) is 101 cm³/mol. The van der Waals surface area contributed by atoms with E-state index in [1.54, 1.807) is 7.11 Å². The van der Waals surface area contributed by atoms with E-state index in [2.05, 4.69) is 18.7 Å². The fourth-order valence-corrected chi connectivity index (χ4v) is 3.57. The Kier molecular flexibility index (Phi) is 6.89. The minimum absolute atomic E-state index is 0.173. The second kappa shape index (κ2) is 8.73. The molecule has 0 spiro atoms. The number of likely N-dealkylation sites (tertiary alicyclic amines) is 1. The van der Waals surface area contributed by atoms with Crippen LogP contribution in [0.4, 0.5) is 0 Å². The maximum atomic E-state index is 10.9. The molecule has 1 aromatic rings. The number of piperidine rings is 1. The quantitative estimate of drug-likeness (QED) is 0.738. The molecule has 0 bridgehead atoms. The van der Waals surface area contributed by atoms with Crippen molar-refractivity contribution in [3.05, 3.63) is 23.8 Å². The number of hydrogen-bond donors (Lipinski definition) is 2. The largest absolute Gasteiger partial charge is 0.493 e. The molecular formula is C20H32N2O4. The molecule has 1 aromatic carbocycles. The average Bonchev–Trinajstić information content (AvgIpc) is 2.56. The molecule has 1 aliphatic heterocycles. The van der Waals surface area contributed by atoms with Crippen LogP contribution in [-0.4, -0.2) is 48.3 Å². The molecule has 1 amide bonds. The van der Waals surface area contributed by atoms with Crippen molar-refractivity contribution in [2.75, 3.05) is 26.8 Å². The van der Waals surface area contributed by atoms with Crippen molar-refractivity contribution in [3.63, 3.8) is 0 Å². The van der Waals surface area contributed by atoms with Crippen LogP contribution < -0.4 is 15.2 Å². The Balaban J connectivity index is 2.04. The third kappa shape index (κ3) is 5.61. The maximum Gasteiger partial charge on any atom is 0.255 e. The van der Waals surface area contributed by atoms with Crippen molar-refractivity contribution in [1.29, 1.82) is 0 Å². The molecule has 26 heavy (non-hydrogen) atoms. The van der Waals surface area contributed by atoms with Crippen LogP contribution in [0.5, 0.6) is 11.5 Å². The fourth-order valence-electron chi connectivity index (χ4n) is 3.57. The smallest absolute Gasteiger partial charge is 0.255 e. The summed E-state index contributed by atoms with van der Waals surface area (Å²) in [5.41, 5.74) is 5.64. The lowest BCUT2D eigenvalue weighted by Crippen LogP contribution is -2.50. The van der Waals surface area contributed by atoms with Crippen molar-refractivity contribution in [2.24, 2.45) is 17.6 Å². The fraction of sp³-hybridized carbons (Fsp3) is 0.650. The summed E-state index contributed by atoms with van der Waals surface area (Å²) >= 11 is 0. The van der Waals surface area contributed by atoms with Gasteiger partial charge in [0.2, 0.25) is 0 Å². The number of nitrogens with two attached hydrogens (primary N) is 1. The van der Waals surface area contributed by atoms with Gasteiger partial charge in [0.1, 0.15) is 0 Å². The maximum absolute atomic E-state index is 10.9. The summed E-state index contributed by atoms with van der Waals surface area (Å²) < 4.78 is 10.8. The van der Waals surface area contributed by atoms with E-state index >= 15 is 0 Å². The van der Waals surface area contributed by atoms with Gasteiger partial charge in [-0.25, -0.2) is 0 Å². The summed E-state index contributed by atoms with van der Waals surface area (Å²) in [6.07, 6.45) is 1.80. The van der Waals surface area contributed by atoms with Crippen LogP contribution in [-0.2, 0) is 11.3 Å². The number of carbonyl (C=O) groups excluding carboxylic acids is 1. The Labute approximate surface area is 156 Å². The van der Waals surface area contributed by atoms with E-state index in [4.69, 9.17) is 15.2 Å². The molecule has 2 atom stereocenters. The van der Waals surface area contributed by atoms with E-state index in [-0.39, 0.29) is 12.5 Å². The number of rotatable bonds is 8. The van der Waals surface area contributed by atoms with Gasteiger partial charge in [-0.3, -0.25) is 9.69 Å². The molecule has 0 aliphatic carbocycles. The Bertz CT molecular complexity index is 616. The van der Waals surface area contributed by atoms with Gasteiger partial charge in [-0.2, -0.15) is 0 Å². The zero-order valence-electron chi connectivity index (χ0n) is 16.3. The molecule has 6 heteroatoms. The van der Waals surface area contributed by atoms with E-state index in [1.165, 1.54) is 0 Å². The lowest BCUT2D eigenvalue weighted by Gasteiger charge is -2.43. The van der Waals surface area contributed by atoms with E-state index < -0.39 is 11.5 Å². The summed E-state index contributed by atoms with van der Waals surface area (Å²) in [7, 11) is 1.58. The zero-order chi connectivity index (χ0) is 19.3. The molecule has 146 valence electrons. The molecule has 0 radical (unpaired) electrons. The third-order valence-corrected chi connectivity index (χ3v) is 5.05. The number of aliphatic hydroxyl groups is 1. The van der Waals surface area contributed by atoms with Gasteiger partial charge in [-0.1, -0.05) is 19.9 Å². The highest BCUT2D eigenvalue weighted by Gasteiger charge is 2.37. The topological polar surface area (TPSA) is 85.0 Å². The number of primary amides is 1. The van der Waals surface area contributed by atoms with Gasteiger partial charge in [0, 0.05) is 25.6 Å². The first-order valence-corrected chi connectivity index (χ1v) is 9.24. The van der Waals surface area contributed by atoms with Gasteiger partial charge in [-0.15, -0.1) is 0 Å². The van der Waals surface area contributed by atoms with Gasteiger partial charge >= 0.3 is 0 Å². The Morgan fingerprint density at radius 3 is 2.77 bits per heavy atom. The van der Waals surface area contributed by atoms with Gasteiger partial charge in [0.25, 0.3) is 5.91 Å². The van der Waals surface area contributed by atoms with Crippen molar-refractivity contribution in [3.8, 4) is 11.5 Å². The molecule has 6 nitrogen and oxygen atoms in total. The van der Waals surface area contributed by atoms with Crippen LogP contribution in [0.15, 0.2) is 18.2 Å². The van der Waals surface area contributed by atoms with E-state index in [1.807, 2.05) is 25.1 Å². The minimum Gasteiger partial charge on any atom is -0.493 e. The molecule has 1 saturated heterocycles. The lowest BCUT2D eigenvalue weighted by molar-refractivity contribution is -0.119. The van der Waals surface area contributed by atoms with Gasteiger partial charge in [0.05, 0.1) is 12.7 Å². The van der Waals surface area contributed by atoms with Gasteiger partial charge in [-0.05, 0) is 43.4 Å². The number of ether oxygens (including phenoxy) is 2. The highest BCUT2D eigenvalue weighted by Crippen LogP contribution is 2.34. The molecule has 1 aliphatic rings. The molecule has 1 heterocycles.